The molecule has 3 aromatic rings. The van der Waals surface area contributed by atoms with Crippen LogP contribution in [0.2, 0.25) is 0 Å². The smallest absolute Gasteiger partial charge is 1.00 e. The van der Waals surface area contributed by atoms with Gasteiger partial charge in [-0.2, -0.15) is 5.92 Å². The van der Waals surface area contributed by atoms with Crippen molar-refractivity contribution in [3.05, 3.63) is 89.3 Å². The van der Waals surface area contributed by atoms with E-state index in [-0.39, 0.29) is 51.0 Å². The van der Waals surface area contributed by atoms with Crippen molar-refractivity contribution in [1.29, 1.82) is 0 Å². The molecule has 138 valence electrons. The Morgan fingerprint density at radius 3 is 2.37 bits per heavy atom. The van der Waals surface area contributed by atoms with Crippen LogP contribution in [-0.2, 0) is 39.0 Å². The number of rotatable bonds is 2. The predicted molar refractivity (Wildman–Crippen MR) is 104 cm³/mol. The summed E-state index contributed by atoms with van der Waals surface area (Å²) in [6.07, 6.45) is 9.48. The molecule has 0 aliphatic heterocycles. The van der Waals surface area contributed by atoms with Crippen LogP contribution in [0.5, 0.6) is 0 Å². The van der Waals surface area contributed by atoms with E-state index >= 15 is 0 Å². The first kappa shape index (κ1) is 24.3. The first-order chi connectivity index (χ1) is 11.7. The number of hydrogen-bond donors (Lipinski definition) is 0. The minimum absolute atomic E-state index is 0. The zero-order valence-corrected chi connectivity index (χ0v) is 19.7. The minimum atomic E-state index is 0. The van der Waals surface area contributed by atoms with Crippen molar-refractivity contribution >= 4 is 16.8 Å². The van der Waals surface area contributed by atoms with Gasteiger partial charge in [-0.1, -0.05) is 68.7 Å². The molecule has 3 heteroatoms. The number of hydrogen-bond acceptors (Lipinski definition) is 0. The van der Waals surface area contributed by atoms with Crippen LogP contribution in [0.25, 0.3) is 16.8 Å². The van der Waals surface area contributed by atoms with Gasteiger partial charge in [0.2, 0.25) is 0 Å². The molecular formula is C24H24Cl2Zr. The molecule has 0 fully saturated rings. The van der Waals surface area contributed by atoms with E-state index in [4.69, 9.17) is 0 Å². The molecular weight excluding hydrogens is 450 g/mol. The fraction of sp³-hybridized carbons (Fsp3) is 0.250. The van der Waals surface area contributed by atoms with Gasteiger partial charge >= 0.3 is 26.2 Å². The maximum absolute atomic E-state index is 2.39. The summed E-state index contributed by atoms with van der Waals surface area (Å²) >= 11 is 0. The van der Waals surface area contributed by atoms with Crippen LogP contribution in [0.3, 0.4) is 0 Å². The Hall–Kier alpha value is -0.747. The molecule has 1 atom stereocenters. The molecule has 0 radical (unpaired) electrons. The first-order valence-corrected chi connectivity index (χ1v) is 9.00. The van der Waals surface area contributed by atoms with Crippen molar-refractivity contribution in [2.75, 3.05) is 0 Å². The second-order valence-corrected chi connectivity index (χ2v) is 7.19. The van der Waals surface area contributed by atoms with Crippen LogP contribution in [0.4, 0.5) is 0 Å². The Morgan fingerprint density at radius 1 is 0.963 bits per heavy atom. The van der Waals surface area contributed by atoms with Gasteiger partial charge in [0.25, 0.3) is 0 Å². The second kappa shape index (κ2) is 10.7. The molecule has 3 aromatic carbocycles. The maximum atomic E-state index is 2.39. The third-order valence-electron chi connectivity index (χ3n) is 5.08. The van der Waals surface area contributed by atoms with E-state index in [1.807, 2.05) is 0 Å². The SMILES string of the molecule is CC(C)[CH-]C1C=Cc2ccccc21.[Cl-].[Cl-].[Zr+4].c1ccc2c3c([cH-]c2c1)CC3. The van der Waals surface area contributed by atoms with E-state index in [0.717, 1.165) is 0 Å². The van der Waals surface area contributed by atoms with Gasteiger partial charge in [-0.05, 0) is 5.56 Å². The molecule has 27 heavy (non-hydrogen) atoms. The number of halogens is 2. The fourth-order valence-electron chi connectivity index (χ4n) is 3.81. The van der Waals surface area contributed by atoms with E-state index in [0.29, 0.717) is 11.8 Å². The minimum Gasteiger partial charge on any atom is -1.00 e. The summed E-state index contributed by atoms with van der Waals surface area (Å²) in [7, 11) is 0. The fourth-order valence-corrected chi connectivity index (χ4v) is 3.81. The number of aryl methyl sites for hydroxylation is 2. The molecule has 2 aliphatic rings. The first-order valence-electron chi connectivity index (χ1n) is 9.00. The molecule has 0 amide bonds. The Kier molecular flexibility index (Phi) is 9.63. The summed E-state index contributed by atoms with van der Waals surface area (Å²) in [6.45, 7) is 4.46. The van der Waals surface area contributed by atoms with E-state index in [1.165, 1.54) is 34.7 Å². The molecule has 2 aliphatic carbocycles. The van der Waals surface area contributed by atoms with Crippen molar-refractivity contribution in [3.63, 3.8) is 0 Å². The molecule has 0 saturated heterocycles. The van der Waals surface area contributed by atoms with Crippen LogP contribution in [0.15, 0.2) is 60.7 Å². The Labute approximate surface area is 194 Å². The zero-order chi connectivity index (χ0) is 16.5. The Bertz CT molecular complexity index is 892. The predicted octanol–water partition coefficient (Wildman–Crippen LogP) is 0.320. The summed E-state index contributed by atoms with van der Waals surface area (Å²) in [4.78, 5) is 0. The van der Waals surface area contributed by atoms with Gasteiger partial charge in [0.15, 0.2) is 0 Å². The van der Waals surface area contributed by atoms with E-state index in [2.05, 4.69) is 87.0 Å². The van der Waals surface area contributed by atoms with Crippen LogP contribution in [0.1, 0.15) is 42.0 Å². The molecule has 5 rings (SSSR count). The van der Waals surface area contributed by atoms with E-state index in [1.54, 1.807) is 11.1 Å². The maximum Gasteiger partial charge on any atom is 4.00 e. The number of benzene rings is 2. The quantitative estimate of drug-likeness (QED) is 0.470. The average molecular weight is 475 g/mol. The van der Waals surface area contributed by atoms with Gasteiger partial charge in [0.05, 0.1) is 0 Å². The second-order valence-electron chi connectivity index (χ2n) is 7.19. The van der Waals surface area contributed by atoms with Gasteiger partial charge in [-0.15, -0.1) is 58.2 Å². The van der Waals surface area contributed by atoms with E-state index < -0.39 is 0 Å². The van der Waals surface area contributed by atoms with Crippen LogP contribution >= 0.6 is 0 Å². The summed E-state index contributed by atoms with van der Waals surface area (Å²) in [5, 5.41) is 2.91. The van der Waals surface area contributed by atoms with Crippen molar-refractivity contribution in [2.24, 2.45) is 5.92 Å². The van der Waals surface area contributed by atoms with Crippen molar-refractivity contribution in [3.8, 4) is 0 Å². The molecule has 0 spiro atoms. The van der Waals surface area contributed by atoms with Crippen molar-refractivity contribution in [1.82, 2.24) is 0 Å². The van der Waals surface area contributed by atoms with Crippen LogP contribution in [0, 0.1) is 12.3 Å². The van der Waals surface area contributed by atoms with Crippen LogP contribution < -0.4 is 24.8 Å². The monoisotopic (exact) mass is 472 g/mol. The molecule has 0 N–H and O–H groups in total. The topological polar surface area (TPSA) is 0 Å². The van der Waals surface area contributed by atoms with Gasteiger partial charge in [0.1, 0.15) is 0 Å². The standard InChI is InChI=1S/C13H15.C11H9.2ClH.Zr/c1-10(2)9-12-8-7-11-5-3-4-6-13(11)12;1-2-4-10-8(3-1)7-9-5-6-11(9)10;;;/h3-10,12H,1-2H3;1-4,7H,5-6H2;2*1H;/q2*-1;;;+4/p-2. The van der Waals surface area contributed by atoms with Gasteiger partial charge in [0, 0.05) is 0 Å². The molecule has 0 saturated carbocycles. The summed E-state index contributed by atoms with van der Waals surface area (Å²) < 4.78 is 0. The number of fused-ring (bicyclic) bond motifs is 4. The molecule has 0 heterocycles. The van der Waals surface area contributed by atoms with E-state index in [9.17, 15) is 0 Å². The molecule has 1 unspecified atom stereocenters. The molecule has 0 bridgehead atoms. The normalized spacial score (nSPS) is 15.3. The third-order valence-corrected chi connectivity index (χ3v) is 5.08. The van der Waals surface area contributed by atoms with Gasteiger partial charge in [-0.3, -0.25) is 0 Å². The van der Waals surface area contributed by atoms with Gasteiger partial charge < -0.3 is 31.2 Å². The Morgan fingerprint density at radius 2 is 1.67 bits per heavy atom. The zero-order valence-electron chi connectivity index (χ0n) is 15.8. The summed E-state index contributed by atoms with van der Waals surface area (Å²) in [6, 6.07) is 19.6. The average Bonchev–Trinajstić information content (AvgIpc) is 3.07. The summed E-state index contributed by atoms with van der Waals surface area (Å²) in [5.74, 6) is 1.19. The van der Waals surface area contributed by atoms with Gasteiger partial charge in [-0.25, -0.2) is 0 Å². The number of allylic oxidation sites excluding steroid dienone is 1. The van der Waals surface area contributed by atoms with Crippen LogP contribution in [-0.4, -0.2) is 0 Å². The summed E-state index contributed by atoms with van der Waals surface area (Å²) in [5.41, 5.74) is 6.01. The van der Waals surface area contributed by atoms with Crippen molar-refractivity contribution < 1.29 is 51.0 Å². The third kappa shape index (κ3) is 5.20. The largest absolute Gasteiger partial charge is 4.00 e. The van der Waals surface area contributed by atoms with Crippen molar-refractivity contribution in [2.45, 2.75) is 32.6 Å². The molecule has 0 nitrogen and oxygen atoms in total. The Balaban J connectivity index is 0.000000245. The molecule has 0 aromatic heterocycles.